The van der Waals surface area contributed by atoms with E-state index in [1.54, 1.807) is 12.1 Å². The van der Waals surface area contributed by atoms with Crippen LogP contribution >= 0.6 is 11.8 Å². The number of rotatable bonds is 7. The molecule has 1 aromatic heterocycles. The largest absolute Gasteiger partial charge is 0.363 e. The highest BCUT2D eigenvalue weighted by molar-refractivity contribution is 7.87. The number of halogens is 1. The molecule has 0 bridgehead atoms. The third kappa shape index (κ3) is 4.57. The predicted octanol–water partition coefficient (Wildman–Crippen LogP) is -0.337. The Morgan fingerprint density at radius 1 is 1.20 bits per heavy atom. The first-order chi connectivity index (χ1) is 11.8. The van der Waals surface area contributed by atoms with Gasteiger partial charge in [0.05, 0.1) is 5.69 Å². The number of aromatic nitrogens is 1. The maximum absolute atomic E-state index is 11.9. The van der Waals surface area contributed by atoms with Crippen LogP contribution in [-0.4, -0.2) is 41.6 Å². The number of aliphatic hydroxyl groups excluding tert-OH is 1. The van der Waals surface area contributed by atoms with Crippen molar-refractivity contribution in [3.63, 3.8) is 0 Å². The standard InChI is InChI=1S/C14H17ClN4O5S/c15-18-7-6-17-13(20)10-3-1-9(2-4-10)11-5-8-19(25(16,23)24)12(11)14(21)22/h1-5,8,14,18,21-22H,6-7H2,(H,17,20)(H2,16,23,24). The smallest absolute Gasteiger partial charge is 0.302 e. The molecule has 0 saturated carbocycles. The Kier molecular flexibility index (Phi) is 6.16. The fraction of sp³-hybridized carbons (Fsp3) is 0.214. The van der Waals surface area contributed by atoms with Crippen LogP contribution in [0.5, 0.6) is 0 Å². The van der Waals surface area contributed by atoms with E-state index in [-0.39, 0.29) is 17.2 Å². The van der Waals surface area contributed by atoms with Crippen molar-refractivity contribution in [3.8, 4) is 11.1 Å². The minimum absolute atomic E-state index is 0.266. The second-order valence-corrected chi connectivity index (χ2v) is 6.74. The van der Waals surface area contributed by atoms with E-state index >= 15 is 0 Å². The highest BCUT2D eigenvalue weighted by Gasteiger charge is 2.22. The third-order valence-electron chi connectivity index (χ3n) is 3.37. The van der Waals surface area contributed by atoms with Crippen LogP contribution in [0.4, 0.5) is 0 Å². The molecule has 6 N–H and O–H groups in total. The van der Waals surface area contributed by atoms with Crippen molar-refractivity contribution in [2.45, 2.75) is 6.29 Å². The van der Waals surface area contributed by atoms with Crippen molar-refractivity contribution in [2.24, 2.45) is 5.14 Å². The van der Waals surface area contributed by atoms with Gasteiger partial charge in [0.25, 0.3) is 5.91 Å². The topological polar surface area (TPSA) is 147 Å². The Balaban J connectivity index is 2.31. The summed E-state index contributed by atoms with van der Waals surface area (Å²) < 4.78 is 23.6. The SMILES string of the molecule is NS(=O)(=O)n1ccc(-c2ccc(C(=O)NCCNCl)cc2)c1C(O)O. The normalized spacial score (nSPS) is 11.7. The molecule has 0 radical (unpaired) electrons. The maximum atomic E-state index is 11.9. The minimum Gasteiger partial charge on any atom is -0.363 e. The number of hydrogen-bond donors (Lipinski definition) is 5. The fourth-order valence-electron chi connectivity index (χ4n) is 2.27. The summed E-state index contributed by atoms with van der Waals surface area (Å²) in [6.07, 6.45) is -0.923. The number of benzene rings is 1. The lowest BCUT2D eigenvalue weighted by Gasteiger charge is -2.11. The van der Waals surface area contributed by atoms with E-state index in [0.717, 1.165) is 6.20 Å². The lowest BCUT2D eigenvalue weighted by atomic mass is 10.0. The fourth-order valence-corrected chi connectivity index (χ4v) is 3.06. The monoisotopic (exact) mass is 388 g/mol. The number of amides is 1. The van der Waals surface area contributed by atoms with Gasteiger partial charge < -0.3 is 15.5 Å². The molecule has 1 aromatic carbocycles. The Morgan fingerprint density at radius 3 is 2.36 bits per heavy atom. The van der Waals surface area contributed by atoms with Crippen LogP contribution < -0.4 is 15.3 Å². The molecule has 11 heteroatoms. The number of nitrogens with one attached hydrogen (secondary N) is 2. The van der Waals surface area contributed by atoms with Gasteiger partial charge in [-0.3, -0.25) is 4.79 Å². The summed E-state index contributed by atoms with van der Waals surface area (Å²) in [5.41, 5.74) is 0.856. The summed E-state index contributed by atoms with van der Waals surface area (Å²) in [5, 5.41) is 26.7. The van der Waals surface area contributed by atoms with Gasteiger partial charge in [0.2, 0.25) is 0 Å². The number of carbonyl (C=O) groups excluding carboxylic acids is 1. The van der Waals surface area contributed by atoms with Crippen molar-refractivity contribution in [3.05, 3.63) is 47.8 Å². The molecule has 0 unspecified atom stereocenters. The Hall–Kier alpha value is -1.95. The van der Waals surface area contributed by atoms with Gasteiger partial charge in [-0.05, 0) is 35.5 Å². The summed E-state index contributed by atoms with van der Waals surface area (Å²) in [5.74, 6) is -0.303. The Bertz CT molecular complexity index is 849. The van der Waals surface area contributed by atoms with Gasteiger partial charge in [-0.1, -0.05) is 12.1 Å². The zero-order chi connectivity index (χ0) is 18.6. The molecule has 9 nitrogen and oxygen atoms in total. The van der Waals surface area contributed by atoms with Gasteiger partial charge in [-0.25, -0.2) is 13.9 Å². The lowest BCUT2D eigenvalue weighted by Crippen LogP contribution is -2.29. The van der Waals surface area contributed by atoms with E-state index in [1.807, 2.05) is 0 Å². The van der Waals surface area contributed by atoms with Crippen molar-refractivity contribution in [1.82, 2.24) is 14.1 Å². The lowest BCUT2D eigenvalue weighted by molar-refractivity contribution is -0.0458. The Morgan fingerprint density at radius 2 is 1.84 bits per heavy atom. The second kappa shape index (κ2) is 7.95. The molecular weight excluding hydrogens is 372 g/mol. The number of hydrogen-bond acceptors (Lipinski definition) is 6. The molecule has 25 heavy (non-hydrogen) atoms. The summed E-state index contributed by atoms with van der Waals surface area (Å²) in [6.45, 7) is 0.756. The molecule has 136 valence electrons. The van der Waals surface area contributed by atoms with E-state index in [2.05, 4.69) is 10.2 Å². The zero-order valence-corrected chi connectivity index (χ0v) is 14.5. The first kappa shape index (κ1) is 19.4. The van der Waals surface area contributed by atoms with Gasteiger partial charge in [-0.2, -0.15) is 8.42 Å². The van der Waals surface area contributed by atoms with Crippen molar-refractivity contribution >= 4 is 27.9 Å². The average Bonchev–Trinajstić information content (AvgIpc) is 3.00. The van der Waals surface area contributed by atoms with E-state index in [1.165, 1.54) is 18.2 Å². The van der Waals surface area contributed by atoms with Crippen LogP contribution in [0.1, 0.15) is 22.3 Å². The first-order valence-electron chi connectivity index (χ1n) is 7.08. The van der Waals surface area contributed by atoms with Gasteiger partial charge >= 0.3 is 10.2 Å². The third-order valence-corrected chi connectivity index (χ3v) is 4.43. The number of aliphatic hydroxyl groups is 2. The summed E-state index contributed by atoms with van der Waals surface area (Å²) >= 11 is 5.30. The van der Waals surface area contributed by atoms with Crippen LogP contribution in [0.25, 0.3) is 11.1 Å². The molecular formula is C14H17ClN4O5S. The highest BCUT2D eigenvalue weighted by Crippen LogP contribution is 2.29. The highest BCUT2D eigenvalue weighted by atomic mass is 35.5. The molecule has 0 aliphatic carbocycles. The zero-order valence-electron chi connectivity index (χ0n) is 12.9. The van der Waals surface area contributed by atoms with Crippen LogP contribution in [0, 0.1) is 0 Å². The molecule has 0 fully saturated rings. The molecule has 0 saturated heterocycles. The van der Waals surface area contributed by atoms with E-state index in [4.69, 9.17) is 16.9 Å². The Labute approximate surface area is 149 Å². The number of nitrogens with two attached hydrogens (primary N) is 1. The summed E-state index contributed by atoms with van der Waals surface area (Å²) in [7, 11) is -4.18. The van der Waals surface area contributed by atoms with E-state index in [9.17, 15) is 23.4 Å². The van der Waals surface area contributed by atoms with E-state index < -0.39 is 16.5 Å². The second-order valence-electron chi connectivity index (χ2n) is 5.05. The summed E-state index contributed by atoms with van der Waals surface area (Å²) in [4.78, 5) is 14.3. The molecule has 0 atom stereocenters. The van der Waals surface area contributed by atoms with E-state index in [0.29, 0.717) is 28.2 Å². The molecule has 0 aliphatic heterocycles. The van der Waals surface area contributed by atoms with Crippen molar-refractivity contribution in [2.75, 3.05) is 13.1 Å². The predicted molar refractivity (Wildman–Crippen MR) is 91.7 cm³/mol. The van der Waals surface area contributed by atoms with Crippen LogP contribution in [0.2, 0.25) is 0 Å². The molecule has 0 aliphatic rings. The van der Waals surface area contributed by atoms with Gasteiger partial charge in [0.15, 0.2) is 6.29 Å². The van der Waals surface area contributed by atoms with Gasteiger partial charge in [0, 0.05) is 30.4 Å². The van der Waals surface area contributed by atoms with Crippen molar-refractivity contribution in [1.29, 1.82) is 0 Å². The van der Waals surface area contributed by atoms with Gasteiger partial charge in [-0.15, -0.1) is 0 Å². The summed E-state index contributed by atoms with van der Waals surface area (Å²) in [6, 6.07) is 7.56. The minimum atomic E-state index is -4.18. The first-order valence-corrected chi connectivity index (χ1v) is 8.96. The van der Waals surface area contributed by atoms with Crippen LogP contribution in [-0.2, 0) is 10.2 Å². The molecule has 2 aromatic rings. The van der Waals surface area contributed by atoms with Crippen LogP contribution in [0.15, 0.2) is 36.5 Å². The quantitative estimate of drug-likeness (QED) is 0.249. The number of carbonyl (C=O) groups is 1. The van der Waals surface area contributed by atoms with Crippen LogP contribution in [0.3, 0.4) is 0 Å². The van der Waals surface area contributed by atoms with Gasteiger partial charge in [0.1, 0.15) is 0 Å². The molecule has 0 spiro atoms. The number of nitrogens with zero attached hydrogens (tertiary/aromatic N) is 1. The molecule has 1 heterocycles. The molecule has 1 amide bonds. The molecule has 2 rings (SSSR count). The van der Waals surface area contributed by atoms with Crippen molar-refractivity contribution < 1.29 is 23.4 Å². The maximum Gasteiger partial charge on any atom is 0.302 e. The average molecular weight is 389 g/mol.